The van der Waals surface area contributed by atoms with Gasteiger partial charge in [0, 0.05) is 12.0 Å². The molecule has 13 heavy (non-hydrogen) atoms. The van der Waals surface area contributed by atoms with Crippen LogP contribution < -0.4 is 4.74 Å². The summed E-state index contributed by atoms with van der Waals surface area (Å²) < 4.78 is 5.52. The smallest absolute Gasteiger partial charge is 0.122 e. The maximum absolute atomic E-state index is 5.52. The standard InChI is InChI=1S/C12H16O/c1-9(2)8-10-4-3-5-12-11(10)6-7-13-12/h3-5,9H,6-8H2,1-2H3. The molecule has 0 amide bonds. The molecule has 1 heteroatoms. The van der Waals surface area contributed by atoms with Gasteiger partial charge < -0.3 is 4.74 Å². The van der Waals surface area contributed by atoms with Gasteiger partial charge in [0.25, 0.3) is 0 Å². The number of rotatable bonds is 2. The largest absolute Gasteiger partial charge is 0.493 e. The average Bonchev–Trinajstić information content (AvgIpc) is 2.51. The highest BCUT2D eigenvalue weighted by Gasteiger charge is 2.15. The molecule has 2 rings (SSSR count). The molecule has 1 aliphatic heterocycles. The summed E-state index contributed by atoms with van der Waals surface area (Å²) in [6, 6.07) is 6.40. The molecule has 1 nitrogen and oxygen atoms in total. The van der Waals surface area contributed by atoms with E-state index in [1.54, 1.807) is 0 Å². The van der Waals surface area contributed by atoms with E-state index >= 15 is 0 Å². The molecular weight excluding hydrogens is 160 g/mol. The summed E-state index contributed by atoms with van der Waals surface area (Å²) in [5, 5.41) is 0. The zero-order valence-electron chi connectivity index (χ0n) is 8.34. The second kappa shape index (κ2) is 3.41. The molecule has 0 saturated heterocycles. The van der Waals surface area contributed by atoms with Crippen molar-refractivity contribution in [2.24, 2.45) is 5.92 Å². The Morgan fingerprint density at radius 3 is 3.00 bits per heavy atom. The molecule has 0 atom stereocenters. The van der Waals surface area contributed by atoms with E-state index in [9.17, 15) is 0 Å². The minimum atomic E-state index is 0.729. The summed E-state index contributed by atoms with van der Waals surface area (Å²) in [7, 11) is 0. The Balaban J connectivity index is 2.30. The highest BCUT2D eigenvalue weighted by molar-refractivity contribution is 5.42. The van der Waals surface area contributed by atoms with E-state index in [0.29, 0.717) is 0 Å². The van der Waals surface area contributed by atoms with Gasteiger partial charge in [0.05, 0.1) is 6.61 Å². The van der Waals surface area contributed by atoms with Crippen molar-refractivity contribution in [3.05, 3.63) is 29.3 Å². The van der Waals surface area contributed by atoms with Crippen LogP contribution in [0.3, 0.4) is 0 Å². The molecule has 0 unspecified atom stereocenters. The van der Waals surface area contributed by atoms with Gasteiger partial charge in [-0.25, -0.2) is 0 Å². The predicted molar refractivity (Wildman–Crippen MR) is 54.2 cm³/mol. The van der Waals surface area contributed by atoms with Gasteiger partial charge in [0.1, 0.15) is 5.75 Å². The van der Waals surface area contributed by atoms with Gasteiger partial charge >= 0.3 is 0 Å². The third-order valence-electron chi connectivity index (χ3n) is 2.47. The molecule has 0 aromatic heterocycles. The fourth-order valence-electron chi connectivity index (χ4n) is 1.92. The molecule has 0 fully saturated rings. The summed E-state index contributed by atoms with van der Waals surface area (Å²) in [5.74, 6) is 1.84. The highest BCUT2D eigenvalue weighted by Crippen LogP contribution is 2.29. The van der Waals surface area contributed by atoms with Crippen LogP contribution in [0.4, 0.5) is 0 Å². The SMILES string of the molecule is CC(C)Cc1cccc2c1CCO2. The molecular formula is C12H16O. The average molecular weight is 176 g/mol. The summed E-state index contributed by atoms with van der Waals surface area (Å²) in [5.41, 5.74) is 2.92. The van der Waals surface area contributed by atoms with Gasteiger partial charge in [0.15, 0.2) is 0 Å². The summed E-state index contributed by atoms with van der Waals surface area (Å²) in [6.07, 6.45) is 2.27. The van der Waals surface area contributed by atoms with Crippen LogP contribution in [-0.4, -0.2) is 6.61 Å². The Morgan fingerprint density at radius 2 is 2.23 bits per heavy atom. The van der Waals surface area contributed by atoms with Crippen molar-refractivity contribution in [2.45, 2.75) is 26.7 Å². The molecule has 1 heterocycles. The van der Waals surface area contributed by atoms with Crippen LogP contribution in [0.15, 0.2) is 18.2 Å². The van der Waals surface area contributed by atoms with E-state index in [1.165, 1.54) is 17.5 Å². The molecule has 0 saturated carbocycles. The lowest BCUT2D eigenvalue weighted by molar-refractivity contribution is 0.357. The summed E-state index contributed by atoms with van der Waals surface area (Å²) in [6.45, 7) is 5.38. The number of benzene rings is 1. The maximum atomic E-state index is 5.52. The second-order valence-electron chi connectivity index (χ2n) is 4.09. The van der Waals surface area contributed by atoms with Crippen molar-refractivity contribution >= 4 is 0 Å². The van der Waals surface area contributed by atoms with Gasteiger partial charge in [0.2, 0.25) is 0 Å². The van der Waals surface area contributed by atoms with E-state index in [1.807, 2.05) is 0 Å². The normalized spacial score (nSPS) is 14.4. The van der Waals surface area contributed by atoms with Gasteiger partial charge in [-0.1, -0.05) is 26.0 Å². The van der Waals surface area contributed by atoms with Gasteiger partial charge in [-0.3, -0.25) is 0 Å². The van der Waals surface area contributed by atoms with E-state index in [4.69, 9.17) is 4.74 Å². The molecule has 0 aliphatic carbocycles. The van der Waals surface area contributed by atoms with Crippen LogP contribution in [0, 0.1) is 5.92 Å². The van der Waals surface area contributed by atoms with Crippen LogP contribution in [0.5, 0.6) is 5.75 Å². The topological polar surface area (TPSA) is 9.23 Å². The van der Waals surface area contributed by atoms with Crippen LogP contribution in [0.2, 0.25) is 0 Å². The lowest BCUT2D eigenvalue weighted by Gasteiger charge is -2.08. The van der Waals surface area contributed by atoms with Crippen molar-refractivity contribution in [3.8, 4) is 5.75 Å². The lowest BCUT2D eigenvalue weighted by atomic mass is 9.97. The monoisotopic (exact) mass is 176 g/mol. The lowest BCUT2D eigenvalue weighted by Crippen LogP contribution is -1.97. The molecule has 1 aromatic carbocycles. The third-order valence-corrected chi connectivity index (χ3v) is 2.47. The van der Waals surface area contributed by atoms with Crippen molar-refractivity contribution < 1.29 is 4.74 Å². The maximum Gasteiger partial charge on any atom is 0.122 e. The van der Waals surface area contributed by atoms with Crippen molar-refractivity contribution in [1.82, 2.24) is 0 Å². The molecule has 1 aliphatic rings. The fraction of sp³-hybridized carbons (Fsp3) is 0.500. The van der Waals surface area contributed by atoms with Crippen molar-refractivity contribution in [3.63, 3.8) is 0 Å². The Kier molecular flexibility index (Phi) is 2.26. The molecule has 0 radical (unpaired) electrons. The molecule has 70 valence electrons. The van der Waals surface area contributed by atoms with Crippen LogP contribution in [0.25, 0.3) is 0 Å². The molecule has 1 aromatic rings. The first-order valence-corrected chi connectivity index (χ1v) is 5.01. The number of hydrogen-bond acceptors (Lipinski definition) is 1. The Bertz CT molecular complexity index is 302. The Morgan fingerprint density at radius 1 is 1.38 bits per heavy atom. The first-order chi connectivity index (χ1) is 6.27. The first kappa shape index (κ1) is 8.61. The summed E-state index contributed by atoms with van der Waals surface area (Å²) in [4.78, 5) is 0. The highest BCUT2D eigenvalue weighted by atomic mass is 16.5. The number of hydrogen-bond donors (Lipinski definition) is 0. The van der Waals surface area contributed by atoms with E-state index < -0.39 is 0 Å². The predicted octanol–water partition coefficient (Wildman–Crippen LogP) is 2.82. The molecule has 0 bridgehead atoms. The van der Waals surface area contributed by atoms with Crippen LogP contribution in [-0.2, 0) is 12.8 Å². The van der Waals surface area contributed by atoms with Crippen LogP contribution >= 0.6 is 0 Å². The Labute approximate surface area is 79.7 Å². The fourth-order valence-corrected chi connectivity index (χ4v) is 1.92. The Hall–Kier alpha value is -0.980. The van der Waals surface area contributed by atoms with Gasteiger partial charge in [-0.15, -0.1) is 0 Å². The molecule has 0 spiro atoms. The van der Waals surface area contributed by atoms with E-state index in [2.05, 4.69) is 32.0 Å². The first-order valence-electron chi connectivity index (χ1n) is 5.01. The zero-order chi connectivity index (χ0) is 9.26. The van der Waals surface area contributed by atoms with Gasteiger partial charge in [-0.2, -0.15) is 0 Å². The van der Waals surface area contributed by atoms with Crippen molar-refractivity contribution in [2.75, 3.05) is 6.61 Å². The number of ether oxygens (including phenoxy) is 1. The minimum Gasteiger partial charge on any atom is -0.493 e. The van der Waals surface area contributed by atoms with E-state index in [-0.39, 0.29) is 0 Å². The van der Waals surface area contributed by atoms with Crippen LogP contribution in [0.1, 0.15) is 25.0 Å². The second-order valence-corrected chi connectivity index (χ2v) is 4.09. The van der Waals surface area contributed by atoms with Crippen molar-refractivity contribution in [1.29, 1.82) is 0 Å². The van der Waals surface area contributed by atoms with Gasteiger partial charge in [-0.05, 0) is 24.0 Å². The van der Waals surface area contributed by atoms with E-state index in [0.717, 1.165) is 24.7 Å². The summed E-state index contributed by atoms with van der Waals surface area (Å²) >= 11 is 0. The quantitative estimate of drug-likeness (QED) is 0.673. The number of fused-ring (bicyclic) bond motifs is 1. The molecule has 0 N–H and O–H groups in total. The zero-order valence-corrected chi connectivity index (χ0v) is 8.34. The minimum absolute atomic E-state index is 0.729. The third kappa shape index (κ3) is 1.69.